The van der Waals surface area contributed by atoms with Crippen molar-refractivity contribution in [3.8, 4) is 0 Å². The third-order valence-corrected chi connectivity index (χ3v) is 4.10. The first-order valence-electron chi connectivity index (χ1n) is 7.39. The smallest absolute Gasteiger partial charge is 0.338 e. The Kier molecular flexibility index (Phi) is 4.35. The van der Waals surface area contributed by atoms with E-state index in [1.807, 2.05) is 31.2 Å². The van der Waals surface area contributed by atoms with Crippen molar-refractivity contribution in [3.05, 3.63) is 64.7 Å². The van der Waals surface area contributed by atoms with E-state index in [9.17, 15) is 9.59 Å². The first-order valence-corrected chi connectivity index (χ1v) is 7.76. The van der Waals surface area contributed by atoms with E-state index < -0.39 is 5.97 Å². The van der Waals surface area contributed by atoms with Crippen LogP contribution >= 0.6 is 11.6 Å². The Morgan fingerprint density at radius 1 is 1.22 bits per heavy atom. The summed E-state index contributed by atoms with van der Waals surface area (Å²) in [6.45, 7) is 1.70. The SMILES string of the molecule is C[C@@H]1Cc2ccccc2N1C(=O)COC(=O)c1cccc(Cl)c1. The molecule has 0 radical (unpaired) electrons. The van der Waals surface area contributed by atoms with Crippen LogP contribution in [0, 0.1) is 0 Å². The fraction of sp³-hybridized carbons (Fsp3) is 0.222. The minimum Gasteiger partial charge on any atom is -0.452 e. The monoisotopic (exact) mass is 329 g/mol. The van der Waals surface area contributed by atoms with Gasteiger partial charge in [-0.25, -0.2) is 4.79 Å². The standard InChI is InChI=1S/C18H16ClNO3/c1-12-9-13-5-2-3-8-16(13)20(12)17(21)11-23-18(22)14-6-4-7-15(19)10-14/h2-8,10,12H,9,11H2,1H3/t12-/m1/s1. The van der Waals surface area contributed by atoms with Gasteiger partial charge in [-0.1, -0.05) is 35.9 Å². The maximum Gasteiger partial charge on any atom is 0.338 e. The van der Waals surface area contributed by atoms with Crippen LogP contribution in [-0.4, -0.2) is 24.5 Å². The van der Waals surface area contributed by atoms with Crippen molar-refractivity contribution in [2.75, 3.05) is 11.5 Å². The van der Waals surface area contributed by atoms with Crippen molar-refractivity contribution < 1.29 is 14.3 Å². The molecule has 0 saturated heterocycles. The molecule has 0 fully saturated rings. The lowest BCUT2D eigenvalue weighted by atomic mass is 10.1. The van der Waals surface area contributed by atoms with Crippen LogP contribution in [0.3, 0.4) is 0 Å². The number of carbonyl (C=O) groups is 2. The third kappa shape index (κ3) is 3.22. The van der Waals surface area contributed by atoms with E-state index in [2.05, 4.69) is 0 Å². The van der Waals surface area contributed by atoms with Crippen molar-refractivity contribution in [1.29, 1.82) is 0 Å². The van der Waals surface area contributed by atoms with Gasteiger partial charge in [0.25, 0.3) is 5.91 Å². The van der Waals surface area contributed by atoms with E-state index in [1.165, 1.54) is 6.07 Å². The maximum absolute atomic E-state index is 12.4. The molecule has 5 heteroatoms. The van der Waals surface area contributed by atoms with Gasteiger partial charge in [0.15, 0.2) is 6.61 Å². The van der Waals surface area contributed by atoms with E-state index in [1.54, 1.807) is 23.1 Å². The van der Waals surface area contributed by atoms with Gasteiger partial charge in [-0.05, 0) is 43.2 Å². The Bertz CT molecular complexity index is 759. The summed E-state index contributed by atoms with van der Waals surface area (Å²) >= 11 is 5.85. The van der Waals surface area contributed by atoms with E-state index in [-0.39, 0.29) is 18.6 Å². The fourth-order valence-corrected chi connectivity index (χ4v) is 3.03. The molecule has 1 amide bonds. The molecule has 0 N–H and O–H groups in total. The fourth-order valence-electron chi connectivity index (χ4n) is 2.84. The second-order valence-electron chi connectivity index (χ2n) is 5.53. The van der Waals surface area contributed by atoms with Gasteiger partial charge in [0.2, 0.25) is 0 Å². The Morgan fingerprint density at radius 3 is 2.78 bits per heavy atom. The highest BCUT2D eigenvalue weighted by Gasteiger charge is 2.30. The molecule has 1 heterocycles. The predicted molar refractivity (Wildman–Crippen MR) is 88.8 cm³/mol. The van der Waals surface area contributed by atoms with Crippen molar-refractivity contribution >= 4 is 29.2 Å². The van der Waals surface area contributed by atoms with E-state index in [0.29, 0.717) is 10.6 Å². The topological polar surface area (TPSA) is 46.6 Å². The number of hydrogen-bond acceptors (Lipinski definition) is 3. The van der Waals surface area contributed by atoms with Crippen LogP contribution in [0.25, 0.3) is 0 Å². The number of anilines is 1. The Morgan fingerprint density at radius 2 is 2.00 bits per heavy atom. The van der Waals surface area contributed by atoms with Gasteiger partial charge >= 0.3 is 5.97 Å². The minimum absolute atomic E-state index is 0.0600. The Labute approximate surface area is 139 Å². The number of esters is 1. The maximum atomic E-state index is 12.4. The average Bonchev–Trinajstić information content (AvgIpc) is 2.88. The molecule has 118 valence electrons. The van der Waals surface area contributed by atoms with Crippen molar-refractivity contribution in [3.63, 3.8) is 0 Å². The lowest BCUT2D eigenvalue weighted by molar-refractivity contribution is -0.122. The summed E-state index contributed by atoms with van der Waals surface area (Å²) < 4.78 is 5.13. The number of nitrogens with zero attached hydrogens (tertiary/aromatic N) is 1. The van der Waals surface area contributed by atoms with E-state index in [4.69, 9.17) is 16.3 Å². The first-order chi connectivity index (χ1) is 11.1. The summed E-state index contributed by atoms with van der Waals surface area (Å²) in [5.74, 6) is -0.779. The molecule has 3 rings (SSSR count). The predicted octanol–water partition coefficient (Wildman–Crippen LogP) is 3.47. The molecule has 0 bridgehead atoms. The number of halogens is 1. The largest absolute Gasteiger partial charge is 0.452 e. The van der Waals surface area contributed by atoms with Crippen LogP contribution < -0.4 is 4.90 Å². The van der Waals surface area contributed by atoms with Gasteiger partial charge < -0.3 is 9.64 Å². The summed E-state index contributed by atoms with van der Waals surface area (Å²) in [5.41, 5.74) is 2.36. The number of para-hydroxylation sites is 1. The molecule has 0 aromatic heterocycles. The molecule has 23 heavy (non-hydrogen) atoms. The summed E-state index contributed by atoms with van der Waals surface area (Å²) in [6.07, 6.45) is 0.810. The molecule has 0 unspecified atom stereocenters. The number of fused-ring (bicyclic) bond motifs is 1. The van der Waals surface area contributed by atoms with Gasteiger partial charge in [0.05, 0.1) is 5.56 Å². The van der Waals surface area contributed by atoms with Gasteiger partial charge in [-0.2, -0.15) is 0 Å². The second-order valence-corrected chi connectivity index (χ2v) is 5.97. The van der Waals surface area contributed by atoms with Crippen LogP contribution in [0.15, 0.2) is 48.5 Å². The number of carbonyl (C=O) groups excluding carboxylic acids is 2. The number of ether oxygens (including phenoxy) is 1. The van der Waals surface area contributed by atoms with Crippen LogP contribution in [0.2, 0.25) is 5.02 Å². The van der Waals surface area contributed by atoms with Crippen molar-refractivity contribution in [2.24, 2.45) is 0 Å². The summed E-state index contributed by atoms with van der Waals surface area (Å²) in [6, 6.07) is 14.3. The zero-order chi connectivity index (χ0) is 16.4. The lowest BCUT2D eigenvalue weighted by Crippen LogP contribution is -2.38. The molecular weight excluding hydrogens is 314 g/mol. The number of rotatable bonds is 3. The molecule has 0 aliphatic carbocycles. The quantitative estimate of drug-likeness (QED) is 0.810. The van der Waals surface area contributed by atoms with Gasteiger partial charge in [0.1, 0.15) is 0 Å². The molecule has 1 atom stereocenters. The summed E-state index contributed by atoms with van der Waals surface area (Å²) in [5, 5.41) is 0.452. The average molecular weight is 330 g/mol. The Balaban J connectivity index is 1.67. The second kappa shape index (κ2) is 6.42. The molecule has 0 spiro atoms. The Hall–Kier alpha value is -2.33. The minimum atomic E-state index is -0.555. The highest BCUT2D eigenvalue weighted by atomic mass is 35.5. The van der Waals surface area contributed by atoms with Crippen LogP contribution in [0.1, 0.15) is 22.8 Å². The zero-order valence-electron chi connectivity index (χ0n) is 12.7. The molecule has 4 nitrogen and oxygen atoms in total. The normalized spacial score (nSPS) is 16.1. The molecule has 2 aromatic rings. The summed E-state index contributed by atoms with van der Waals surface area (Å²) in [4.78, 5) is 26.1. The molecule has 1 aliphatic rings. The number of hydrogen-bond donors (Lipinski definition) is 0. The van der Waals surface area contributed by atoms with Gasteiger partial charge in [-0.15, -0.1) is 0 Å². The van der Waals surface area contributed by atoms with Crippen LogP contribution in [0.4, 0.5) is 5.69 Å². The lowest BCUT2D eigenvalue weighted by Gasteiger charge is -2.22. The molecule has 2 aromatic carbocycles. The highest BCUT2D eigenvalue weighted by molar-refractivity contribution is 6.30. The molecular formula is C18H16ClNO3. The van der Waals surface area contributed by atoms with Gasteiger partial charge in [-0.3, -0.25) is 4.79 Å². The van der Waals surface area contributed by atoms with Crippen LogP contribution in [-0.2, 0) is 16.0 Å². The third-order valence-electron chi connectivity index (χ3n) is 3.86. The molecule has 0 saturated carbocycles. The van der Waals surface area contributed by atoms with Crippen LogP contribution in [0.5, 0.6) is 0 Å². The van der Waals surface area contributed by atoms with E-state index >= 15 is 0 Å². The number of amides is 1. The number of benzene rings is 2. The molecule has 1 aliphatic heterocycles. The first kappa shape index (κ1) is 15.6. The van der Waals surface area contributed by atoms with Gasteiger partial charge in [0, 0.05) is 16.8 Å². The van der Waals surface area contributed by atoms with Crippen molar-refractivity contribution in [2.45, 2.75) is 19.4 Å². The van der Waals surface area contributed by atoms with Crippen molar-refractivity contribution in [1.82, 2.24) is 0 Å². The summed E-state index contributed by atoms with van der Waals surface area (Å²) in [7, 11) is 0. The van der Waals surface area contributed by atoms with E-state index in [0.717, 1.165) is 17.7 Å². The zero-order valence-corrected chi connectivity index (χ0v) is 13.4. The highest BCUT2D eigenvalue weighted by Crippen LogP contribution is 2.31.